The van der Waals surface area contributed by atoms with Crippen LogP contribution in [-0.4, -0.2) is 23.0 Å². The fourth-order valence-corrected chi connectivity index (χ4v) is 5.85. The van der Waals surface area contributed by atoms with Crippen molar-refractivity contribution in [2.24, 2.45) is 0 Å². The quantitative estimate of drug-likeness (QED) is 0.0551. The molecule has 0 fully saturated rings. The molecule has 244 valence electrons. The highest BCUT2D eigenvalue weighted by molar-refractivity contribution is 5.66. The van der Waals surface area contributed by atoms with Gasteiger partial charge in [-0.1, -0.05) is 156 Å². The lowest BCUT2D eigenvalue weighted by atomic mass is 9.94. The van der Waals surface area contributed by atoms with E-state index < -0.39 is 6.16 Å². The number of hydrogen-bond acceptors (Lipinski definition) is 4. The van der Waals surface area contributed by atoms with Crippen LogP contribution in [0.25, 0.3) is 0 Å². The van der Waals surface area contributed by atoms with Gasteiger partial charge in [-0.3, -0.25) is 0 Å². The molecule has 1 rings (SSSR count). The Bertz CT molecular complexity index is 791. The van der Waals surface area contributed by atoms with Crippen LogP contribution in [0.2, 0.25) is 0 Å². The average Bonchev–Trinajstić information content (AvgIpc) is 2.97. The van der Waals surface area contributed by atoms with Crippen molar-refractivity contribution in [2.45, 2.75) is 188 Å². The number of carboxylic acid groups (broad SMARTS) is 1. The molecule has 0 unspecified atom stereocenters. The fraction of sp³-hybridized carbons (Fsp3) is 0.811. The van der Waals surface area contributed by atoms with Gasteiger partial charge in [0.2, 0.25) is 0 Å². The SMILES string of the molecule is CCCCCCCCCCOc1cc(OC(=O)O)c(O)c(CCCCCCCCCC)c1CCCCCCCCCC. The topological polar surface area (TPSA) is 76.0 Å². The number of hydrogen-bond donors (Lipinski definition) is 2. The second-order valence-corrected chi connectivity index (χ2v) is 12.3. The minimum absolute atomic E-state index is 0.00247. The van der Waals surface area contributed by atoms with Crippen LogP contribution in [0, 0.1) is 0 Å². The number of carbonyl (C=O) groups is 1. The van der Waals surface area contributed by atoms with E-state index in [0.717, 1.165) is 62.5 Å². The molecular weight excluding hydrogens is 524 g/mol. The second kappa shape index (κ2) is 26.7. The van der Waals surface area contributed by atoms with Crippen LogP contribution in [0.15, 0.2) is 6.07 Å². The Balaban J connectivity index is 2.86. The van der Waals surface area contributed by atoms with E-state index in [-0.39, 0.29) is 11.5 Å². The third-order valence-corrected chi connectivity index (χ3v) is 8.46. The zero-order valence-electron chi connectivity index (χ0n) is 27.8. The van der Waals surface area contributed by atoms with Gasteiger partial charge in [0.1, 0.15) is 5.75 Å². The summed E-state index contributed by atoms with van der Waals surface area (Å²) in [4.78, 5) is 11.4. The Hall–Kier alpha value is -1.91. The summed E-state index contributed by atoms with van der Waals surface area (Å²) >= 11 is 0. The molecule has 0 amide bonds. The van der Waals surface area contributed by atoms with Crippen molar-refractivity contribution >= 4 is 6.16 Å². The summed E-state index contributed by atoms with van der Waals surface area (Å²) in [5.41, 5.74) is 1.88. The molecule has 0 atom stereocenters. The van der Waals surface area contributed by atoms with Crippen LogP contribution in [0.5, 0.6) is 17.2 Å². The average molecular weight is 591 g/mol. The number of aromatic hydroxyl groups is 1. The predicted molar refractivity (Wildman–Crippen MR) is 177 cm³/mol. The Morgan fingerprint density at radius 1 is 0.548 bits per heavy atom. The summed E-state index contributed by atoms with van der Waals surface area (Å²) in [5.74, 6) is 0.682. The van der Waals surface area contributed by atoms with Crippen molar-refractivity contribution in [1.29, 1.82) is 0 Å². The number of phenolic OH excluding ortho intramolecular Hbond substituents is 1. The van der Waals surface area contributed by atoms with Gasteiger partial charge in [-0.2, -0.15) is 0 Å². The summed E-state index contributed by atoms with van der Waals surface area (Å²) in [7, 11) is 0. The van der Waals surface area contributed by atoms with Crippen molar-refractivity contribution < 1.29 is 24.5 Å². The molecule has 0 aromatic heterocycles. The first-order chi connectivity index (χ1) is 20.5. The zero-order valence-corrected chi connectivity index (χ0v) is 27.8. The highest BCUT2D eigenvalue weighted by Crippen LogP contribution is 2.41. The van der Waals surface area contributed by atoms with E-state index in [4.69, 9.17) is 9.47 Å². The number of ether oxygens (including phenoxy) is 2. The first-order valence-electron chi connectivity index (χ1n) is 18.0. The van der Waals surface area contributed by atoms with Crippen molar-refractivity contribution in [3.05, 3.63) is 17.2 Å². The first kappa shape index (κ1) is 38.1. The lowest BCUT2D eigenvalue weighted by molar-refractivity contribution is 0.142. The normalized spacial score (nSPS) is 11.2. The minimum atomic E-state index is -1.41. The Labute approximate surface area is 259 Å². The number of benzene rings is 1. The van der Waals surface area contributed by atoms with Crippen LogP contribution in [0.4, 0.5) is 4.79 Å². The van der Waals surface area contributed by atoms with E-state index in [9.17, 15) is 15.0 Å². The van der Waals surface area contributed by atoms with E-state index in [1.807, 2.05) is 0 Å². The maximum atomic E-state index is 11.4. The van der Waals surface area contributed by atoms with E-state index >= 15 is 0 Å². The van der Waals surface area contributed by atoms with Gasteiger partial charge < -0.3 is 19.7 Å². The summed E-state index contributed by atoms with van der Waals surface area (Å²) in [6.07, 6.45) is 29.7. The summed E-state index contributed by atoms with van der Waals surface area (Å²) in [6, 6.07) is 1.62. The third kappa shape index (κ3) is 18.6. The largest absolute Gasteiger partial charge is 0.511 e. The molecule has 1 aromatic rings. The Morgan fingerprint density at radius 2 is 0.929 bits per heavy atom. The lowest BCUT2D eigenvalue weighted by Gasteiger charge is -2.19. The van der Waals surface area contributed by atoms with Gasteiger partial charge in [-0.15, -0.1) is 0 Å². The summed E-state index contributed by atoms with van der Waals surface area (Å²) in [5, 5.41) is 20.5. The monoisotopic (exact) mass is 590 g/mol. The van der Waals surface area contributed by atoms with Crippen LogP contribution in [0.1, 0.15) is 186 Å². The molecule has 0 aliphatic carbocycles. The molecule has 5 nitrogen and oxygen atoms in total. The van der Waals surface area contributed by atoms with Crippen LogP contribution < -0.4 is 9.47 Å². The third-order valence-electron chi connectivity index (χ3n) is 8.46. The van der Waals surface area contributed by atoms with Gasteiger partial charge in [-0.25, -0.2) is 4.79 Å². The minimum Gasteiger partial charge on any atom is -0.504 e. The maximum absolute atomic E-state index is 11.4. The van der Waals surface area contributed by atoms with Crippen molar-refractivity contribution in [3.63, 3.8) is 0 Å². The zero-order chi connectivity index (χ0) is 30.7. The number of unbranched alkanes of at least 4 members (excludes halogenated alkanes) is 21. The van der Waals surface area contributed by atoms with Crippen LogP contribution in [-0.2, 0) is 12.8 Å². The predicted octanol–water partition coefficient (Wildman–Crippen LogP) is 12.3. The van der Waals surface area contributed by atoms with Crippen LogP contribution in [0.3, 0.4) is 0 Å². The van der Waals surface area contributed by atoms with E-state index in [0.29, 0.717) is 12.4 Å². The molecule has 0 heterocycles. The van der Waals surface area contributed by atoms with Gasteiger partial charge in [0.15, 0.2) is 11.5 Å². The molecular formula is C37H66O5. The molecule has 0 spiro atoms. The smallest absolute Gasteiger partial charge is 0.504 e. The standard InChI is InChI=1S/C37H66O5/c1-4-7-10-13-16-19-22-25-28-32-33(29-26-23-20-17-14-11-8-5-2)36(38)35(42-37(39)40)31-34(32)41-30-27-24-21-18-15-12-9-6-3/h31,38H,4-30H2,1-3H3,(H,39,40). The molecule has 0 aliphatic rings. The Morgan fingerprint density at radius 3 is 1.36 bits per heavy atom. The van der Waals surface area contributed by atoms with Crippen LogP contribution >= 0.6 is 0 Å². The highest BCUT2D eigenvalue weighted by Gasteiger charge is 2.21. The van der Waals surface area contributed by atoms with Gasteiger partial charge >= 0.3 is 6.16 Å². The number of phenols is 1. The second-order valence-electron chi connectivity index (χ2n) is 12.3. The van der Waals surface area contributed by atoms with E-state index in [1.54, 1.807) is 6.07 Å². The molecule has 2 N–H and O–H groups in total. The summed E-state index contributed by atoms with van der Waals surface area (Å²) < 4.78 is 11.4. The van der Waals surface area contributed by atoms with Crippen molar-refractivity contribution in [2.75, 3.05) is 6.61 Å². The fourth-order valence-electron chi connectivity index (χ4n) is 5.85. The molecule has 0 radical (unpaired) electrons. The van der Waals surface area contributed by atoms with Crippen molar-refractivity contribution in [3.8, 4) is 17.2 Å². The van der Waals surface area contributed by atoms with Gasteiger partial charge in [0, 0.05) is 17.2 Å². The molecule has 1 aromatic carbocycles. The molecule has 42 heavy (non-hydrogen) atoms. The van der Waals surface area contributed by atoms with Gasteiger partial charge in [-0.05, 0) is 32.1 Å². The van der Waals surface area contributed by atoms with Gasteiger partial charge in [0.25, 0.3) is 0 Å². The molecule has 0 saturated heterocycles. The molecule has 0 aliphatic heterocycles. The highest BCUT2D eigenvalue weighted by atomic mass is 16.7. The van der Waals surface area contributed by atoms with Crippen molar-refractivity contribution in [1.82, 2.24) is 0 Å². The molecule has 0 saturated carbocycles. The lowest BCUT2D eigenvalue weighted by Crippen LogP contribution is -2.08. The molecule has 0 bridgehead atoms. The van der Waals surface area contributed by atoms with Gasteiger partial charge in [0.05, 0.1) is 6.61 Å². The van der Waals surface area contributed by atoms with E-state index in [2.05, 4.69) is 20.8 Å². The number of rotatable bonds is 29. The first-order valence-corrected chi connectivity index (χ1v) is 18.0. The Kier molecular flexibility index (Phi) is 24.2. The van der Waals surface area contributed by atoms with E-state index in [1.165, 1.54) is 116 Å². The molecule has 5 heteroatoms. The summed E-state index contributed by atoms with van der Waals surface area (Å²) in [6.45, 7) is 7.35. The maximum Gasteiger partial charge on any atom is 0.511 e.